The van der Waals surface area contributed by atoms with Gasteiger partial charge in [-0.25, -0.2) is 0 Å². The van der Waals surface area contributed by atoms with E-state index in [1.807, 2.05) is 13.8 Å². The van der Waals surface area contributed by atoms with Crippen molar-refractivity contribution >= 4 is 20.2 Å². The zero-order valence-electron chi connectivity index (χ0n) is 18.1. The van der Waals surface area contributed by atoms with Gasteiger partial charge in [0, 0.05) is 11.8 Å². The SMILES string of the molecule is Cc1ccc(S(=O)(=O)OCC2COC2)cc1.Cc1ccc(S(=O)(=O)OCC2COC2)cc1. The van der Waals surface area contributed by atoms with Gasteiger partial charge < -0.3 is 9.47 Å². The Morgan fingerprint density at radius 3 is 1.22 bits per heavy atom. The van der Waals surface area contributed by atoms with Crippen molar-refractivity contribution in [1.29, 1.82) is 0 Å². The average Bonchev–Trinajstić information content (AvgIpc) is 2.66. The van der Waals surface area contributed by atoms with Crippen LogP contribution in [0.2, 0.25) is 0 Å². The summed E-state index contributed by atoms with van der Waals surface area (Å²) in [6.07, 6.45) is 0. The van der Waals surface area contributed by atoms with Crippen LogP contribution in [0.1, 0.15) is 11.1 Å². The predicted octanol–water partition coefficient (Wildman–Crippen LogP) is 2.69. The van der Waals surface area contributed by atoms with Crippen molar-refractivity contribution in [2.45, 2.75) is 23.6 Å². The Balaban J connectivity index is 0.000000181. The largest absolute Gasteiger partial charge is 0.381 e. The lowest BCUT2D eigenvalue weighted by molar-refractivity contribution is -0.0499. The van der Waals surface area contributed by atoms with Crippen molar-refractivity contribution in [1.82, 2.24) is 0 Å². The molecule has 0 amide bonds. The van der Waals surface area contributed by atoms with E-state index in [9.17, 15) is 16.8 Å². The van der Waals surface area contributed by atoms with E-state index in [2.05, 4.69) is 0 Å². The molecule has 0 aliphatic carbocycles. The monoisotopic (exact) mass is 484 g/mol. The number of benzene rings is 2. The molecule has 4 rings (SSSR count). The maximum atomic E-state index is 11.7. The van der Waals surface area contributed by atoms with Gasteiger partial charge in [0.25, 0.3) is 20.2 Å². The third-order valence-corrected chi connectivity index (χ3v) is 7.54. The summed E-state index contributed by atoms with van der Waals surface area (Å²) in [5, 5.41) is 0. The molecule has 2 aliphatic rings. The molecule has 0 bridgehead atoms. The van der Waals surface area contributed by atoms with Crippen molar-refractivity contribution in [2.24, 2.45) is 11.8 Å². The minimum absolute atomic E-state index is 0.205. The van der Waals surface area contributed by atoms with Crippen molar-refractivity contribution in [3.63, 3.8) is 0 Å². The third kappa shape index (κ3) is 7.09. The Labute approximate surface area is 189 Å². The quantitative estimate of drug-likeness (QED) is 0.527. The van der Waals surface area contributed by atoms with Crippen LogP contribution in [0.25, 0.3) is 0 Å². The first-order valence-corrected chi connectivity index (χ1v) is 13.0. The second-order valence-corrected chi connectivity index (χ2v) is 11.1. The second kappa shape index (κ2) is 10.9. The number of hydrogen-bond acceptors (Lipinski definition) is 8. The molecule has 8 nitrogen and oxygen atoms in total. The Kier molecular flexibility index (Phi) is 8.43. The van der Waals surface area contributed by atoms with Crippen LogP contribution < -0.4 is 0 Å². The van der Waals surface area contributed by atoms with Gasteiger partial charge in [-0.05, 0) is 38.1 Å². The molecule has 0 saturated carbocycles. The molecule has 2 aliphatic heterocycles. The normalized spacial score (nSPS) is 17.1. The number of aryl methyl sites for hydroxylation is 2. The van der Waals surface area contributed by atoms with Crippen LogP contribution in [-0.2, 0) is 38.1 Å². The molecule has 0 atom stereocenters. The molecule has 2 fully saturated rings. The van der Waals surface area contributed by atoms with Gasteiger partial charge in [-0.2, -0.15) is 16.8 Å². The molecule has 0 unspecified atom stereocenters. The van der Waals surface area contributed by atoms with Crippen LogP contribution in [0.15, 0.2) is 58.3 Å². The zero-order valence-corrected chi connectivity index (χ0v) is 19.7. The van der Waals surface area contributed by atoms with Crippen LogP contribution in [-0.4, -0.2) is 56.5 Å². The molecule has 2 aromatic rings. The fourth-order valence-corrected chi connectivity index (χ4v) is 4.63. The summed E-state index contributed by atoms with van der Waals surface area (Å²) in [5.74, 6) is 0.417. The summed E-state index contributed by atoms with van der Waals surface area (Å²) in [7, 11) is -7.21. The fraction of sp³-hybridized carbons (Fsp3) is 0.455. The third-order valence-electron chi connectivity index (χ3n) is 4.95. The Bertz CT molecular complexity index is 980. The molecule has 176 valence electrons. The smallest absolute Gasteiger partial charge is 0.296 e. The molecule has 0 spiro atoms. The van der Waals surface area contributed by atoms with Gasteiger partial charge in [0.1, 0.15) is 0 Å². The molecule has 0 N–H and O–H groups in total. The maximum Gasteiger partial charge on any atom is 0.296 e. The van der Waals surface area contributed by atoms with Crippen LogP contribution in [0.5, 0.6) is 0 Å². The van der Waals surface area contributed by atoms with Gasteiger partial charge in [0.05, 0.1) is 49.4 Å². The molecule has 32 heavy (non-hydrogen) atoms. The van der Waals surface area contributed by atoms with Crippen molar-refractivity contribution in [2.75, 3.05) is 39.6 Å². The Hall–Kier alpha value is -1.82. The van der Waals surface area contributed by atoms with Gasteiger partial charge in [0.15, 0.2) is 0 Å². The minimum atomic E-state index is -3.60. The molecule has 2 aromatic carbocycles. The van der Waals surface area contributed by atoms with Gasteiger partial charge in [0.2, 0.25) is 0 Å². The van der Waals surface area contributed by atoms with Crippen molar-refractivity contribution in [3.8, 4) is 0 Å². The first-order valence-electron chi connectivity index (χ1n) is 10.2. The molecule has 10 heteroatoms. The lowest BCUT2D eigenvalue weighted by Crippen LogP contribution is -2.32. The molecular weight excluding hydrogens is 456 g/mol. The predicted molar refractivity (Wildman–Crippen MR) is 117 cm³/mol. The molecule has 2 saturated heterocycles. The summed E-state index contributed by atoms with van der Waals surface area (Å²) >= 11 is 0. The molecular formula is C22H28O8S2. The van der Waals surface area contributed by atoms with E-state index < -0.39 is 20.2 Å². The lowest BCUT2D eigenvalue weighted by atomic mass is 10.1. The topological polar surface area (TPSA) is 105 Å². The second-order valence-electron chi connectivity index (χ2n) is 7.91. The van der Waals surface area contributed by atoms with E-state index >= 15 is 0 Å². The van der Waals surface area contributed by atoms with Gasteiger partial charge >= 0.3 is 0 Å². The van der Waals surface area contributed by atoms with Gasteiger partial charge in [-0.3, -0.25) is 8.37 Å². The standard InChI is InChI=1S/2C11H14O4S/c2*1-9-2-4-11(5-3-9)16(12,13)15-8-10-6-14-7-10/h2*2-5,10H,6-8H2,1H3. The average molecular weight is 485 g/mol. The summed E-state index contributed by atoms with van der Waals surface area (Å²) in [6, 6.07) is 13.2. The van der Waals surface area contributed by atoms with E-state index in [0.717, 1.165) is 11.1 Å². The number of ether oxygens (including phenoxy) is 2. The Morgan fingerprint density at radius 1 is 0.656 bits per heavy atom. The molecule has 0 aromatic heterocycles. The van der Waals surface area contributed by atoms with Crippen molar-refractivity contribution in [3.05, 3.63) is 59.7 Å². The zero-order chi connectivity index (χ0) is 23.2. The molecule has 0 radical (unpaired) electrons. The van der Waals surface area contributed by atoms with Gasteiger partial charge in [-0.1, -0.05) is 35.4 Å². The lowest BCUT2D eigenvalue weighted by Gasteiger charge is -2.25. The Morgan fingerprint density at radius 2 is 0.969 bits per heavy atom. The first-order chi connectivity index (χ1) is 15.2. The highest BCUT2D eigenvalue weighted by Gasteiger charge is 2.24. The number of rotatable bonds is 8. The van der Waals surface area contributed by atoms with E-state index in [0.29, 0.717) is 26.4 Å². The van der Waals surface area contributed by atoms with Crippen LogP contribution in [0, 0.1) is 25.7 Å². The summed E-state index contributed by atoms with van der Waals surface area (Å²) in [4.78, 5) is 0.414. The van der Waals surface area contributed by atoms with Crippen LogP contribution in [0.4, 0.5) is 0 Å². The summed E-state index contributed by atoms with van der Waals surface area (Å²) in [5.41, 5.74) is 2.04. The highest BCUT2D eigenvalue weighted by atomic mass is 32.2. The van der Waals surface area contributed by atoms with E-state index in [-0.39, 0.29) is 34.8 Å². The van der Waals surface area contributed by atoms with Crippen molar-refractivity contribution < 1.29 is 34.7 Å². The maximum absolute atomic E-state index is 11.7. The summed E-state index contributed by atoms with van der Waals surface area (Å²) < 4.78 is 66.7. The van der Waals surface area contributed by atoms with E-state index in [1.165, 1.54) is 0 Å². The summed E-state index contributed by atoms with van der Waals surface area (Å²) in [6.45, 7) is 6.57. The highest BCUT2D eigenvalue weighted by Crippen LogP contribution is 2.18. The fourth-order valence-electron chi connectivity index (χ4n) is 2.68. The minimum Gasteiger partial charge on any atom is -0.381 e. The van der Waals surface area contributed by atoms with Crippen LogP contribution in [0.3, 0.4) is 0 Å². The molecule has 2 heterocycles. The van der Waals surface area contributed by atoms with E-state index in [4.69, 9.17) is 17.8 Å². The van der Waals surface area contributed by atoms with E-state index in [1.54, 1.807) is 48.5 Å². The highest BCUT2D eigenvalue weighted by molar-refractivity contribution is 7.87. The van der Waals surface area contributed by atoms with Crippen LogP contribution >= 0.6 is 0 Å². The first kappa shape index (κ1) is 24.8. The van der Waals surface area contributed by atoms with Gasteiger partial charge in [-0.15, -0.1) is 0 Å². The number of hydrogen-bond donors (Lipinski definition) is 0.